The lowest BCUT2D eigenvalue weighted by Gasteiger charge is -2.38. The van der Waals surface area contributed by atoms with Crippen molar-refractivity contribution in [3.8, 4) is 10.6 Å². The number of aryl methyl sites for hydroxylation is 1. The van der Waals surface area contributed by atoms with Gasteiger partial charge in [0.2, 0.25) is 5.91 Å². The zero-order chi connectivity index (χ0) is 20.6. The summed E-state index contributed by atoms with van der Waals surface area (Å²) in [5, 5.41) is 19.8. The van der Waals surface area contributed by atoms with Crippen molar-refractivity contribution in [3.05, 3.63) is 23.5 Å². The lowest BCUT2D eigenvalue weighted by atomic mass is 9.92. The van der Waals surface area contributed by atoms with Crippen molar-refractivity contribution in [1.29, 1.82) is 0 Å². The molecule has 154 valence electrons. The average Bonchev–Trinajstić information content (AvgIpc) is 3.34. The van der Waals surface area contributed by atoms with E-state index in [4.69, 9.17) is 0 Å². The van der Waals surface area contributed by atoms with Gasteiger partial charge >= 0.3 is 5.97 Å². The van der Waals surface area contributed by atoms with Crippen LogP contribution in [0.5, 0.6) is 0 Å². The van der Waals surface area contributed by atoms with E-state index in [1.165, 1.54) is 0 Å². The van der Waals surface area contributed by atoms with Crippen LogP contribution in [0.3, 0.4) is 0 Å². The normalized spacial score (nSPS) is 22.8. The van der Waals surface area contributed by atoms with Gasteiger partial charge in [0.05, 0.1) is 11.9 Å². The maximum absolute atomic E-state index is 13.1. The Bertz CT molecular complexity index is 924. The second kappa shape index (κ2) is 7.70. The van der Waals surface area contributed by atoms with E-state index in [-0.39, 0.29) is 11.8 Å². The number of pyridine rings is 1. The summed E-state index contributed by atoms with van der Waals surface area (Å²) in [6.45, 7) is 5.59. The fourth-order valence-corrected chi connectivity index (χ4v) is 5.08. The summed E-state index contributed by atoms with van der Waals surface area (Å²) >= 11 is 1.55. The Morgan fingerprint density at radius 3 is 2.66 bits per heavy atom. The molecule has 0 saturated carbocycles. The standard InChI is InChI=1S/C20H25N5O3S/c1-13-22-23-17(29-13)15-4-8-21-12-16(15)24-10-5-14(6-11-24)18(26)25-9-3-7-20(25,2)19(27)28/h4,8,12,14H,3,5-7,9-11H2,1-2H3,(H,27,28)/t20-/m1/s1. The number of hydrogen-bond donors (Lipinski definition) is 1. The summed E-state index contributed by atoms with van der Waals surface area (Å²) in [7, 11) is 0. The van der Waals surface area contributed by atoms with Gasteiger partial charge in [0, 0.05) is 37.3 Å². The molecule has 4 heterocycles. The fraction of sp³-hybridized carbons (Fsp3) is 0.550. The van der Waals surface area contributed by atoms with Crippen molar-refractivity contribution in [3.63, 3.8) is 0 Å². The van der Waals surface area contributed by atoms with Gasteiger partial charge in [-0.25, -0.2) is 4.79 Å². The van der Waals surface area contributed by atoms with Crippen LogP contribution in [0.4, 0.5) is 5.69 Å². The van der Waals surface area contributed by atoms with E-state index in [1.807, 2.05) is 19.2 Å². The molecule has 8 nitrogen and oxygen atoms in total. The van der Waals surface area contributed by atoms with Crippen LogP contribution in [0.15, 0.2) is 18.5 Å². The van der Waals surface area contributed by atoms with Crippen molar-refractivity contribution in [1.82, 2.24) is 20.1 Å². The summed E-state index contributed by atoms with van der Waals surface area (Å²) in [5.41, 5.74) is 0.944. The monoisotopic (exact) mass is 415 g/mol. The fourth-order valence-electron chi connectivity index (χ4n) is 4.35. The Labute approximate surface area is 173 Å². The number of nitrogens with zero attached hydrogens (tertiary/aromatic N) is 5. The number of carbonyl (C=O) groups is 2. The molecule has 2 aliphatic rings. The zero-order valence-corrected chi connectivity index (χ0v) is 17.5. The Hall–Kier alpha value is -2.55. The minimum absolute atomic E-state index is 0.0155. The van der Waals surface area contributed by atoms with Gasteiger partial charge in [-0.1, -0.05) is 11.3 Å². The number of piperidine rings is 1. The molecule has 1 N–H and O–H groups in total. The van der Waals surface area contributed by atoms with Crippen LogP contribution in [0.2, 0.25) is 0 Å². The molecule has 0 spiro atoms. The van der Waals surface area contributed by atoms with E-state index in [0.29, 0.717) is 25.8 Å². The Kier molecular flexibility index (Phi) is 5.24. The Morgan fingerprint density at radius 2 is 2.00 bits per heavy atom. The third-order valence-corrected chi connectivity index (χ3v) is 6.98. The smallest absolute Gasteiger partial charge is 0.329 e. The topological polar surface area (TPSA) is 99.5 Å². The van der Waals surface area contributed by atoms with Crippen molar-refractivity contribution < 1.29 is 14.7 Å². The van der Waals surface area contributed by atoms with Gasteiger partial charge in [-0.3, -0.25) is 9.78 Å². The van der Waals surface area contributed by atoms with Gasteiger partial charge < -0.3 is 14.9 Å². The molecule has 0 bridgehead atoms. The molecule has 2 saturated heterocycles. The molecule has 0 radical (unpaired) electrons. The summed E-state index contributed by atoms with van der Waals surface area (Å²) in [6.07, 6.45) is 6.27. The largest absolute Gasteiger partial charge is 0.480 e. The molecule has 2 fully saturated rings. The number of anilines is 1. The van der Waals surface area contributed by atoms with Crippen LogP contribution in [-0.2, 0) is 9.59 Å². The summed E-state index contributed by atoms with van der Waals surface area (Å²) in [6, 6.07) is 1.95. The van der Waals surface area contributed by atoms with Gasteiger partial charge in [-0.2, -0.15) is 0 Å². The lowest BCUT2D eigenvalue weighted by molar-refractivity contribution is -0.157. The predicted molar refractivity (Wildman–Crippen MR) is 110 cm³/mol. The van der Waals surface area contributed by atoms with Crippen LogP contribution in [0, 0.1) is 12.8 Å². The molecule has 1 atom stereocenters. The van der Waals surface area contributed by atoms with Crippen LogP contribution in [0.1, 0.15) is 37.6 Å². The minimum atomic E-state index is -1.07. The summed E-state index contributed by atoms with van der Waals surface area (Å²) in [4.78, 5) is 32.9. The molecule has 0 aliphatic carbocycles. The highest BCUT2D eigenvalue weighted by Crippen LogP contribution is 2.36. The number of amides is 1. The van der Waals surface area contributed by atoms with Crippen LogP contribution in [-0.4, -0.2) is 62.2 Å². The number of hydrogen-bond acceptors (Lipinski definition) is 7. The van der Waals surface area contributed by atoms with Crippen molar-refractivity contribution in [2.75, 3.05) is 24.5 Å². The van der Waals surface area contributed by atoms with E-state index in [9.17, 15) is 14.7 Å². The minimum Gasteiger partial charge on any atom is -0.480 e. The van der Waals surface area contributed by atoms with Gasteiger partial charge in [-0.05, 0) is 45.6 Å². The highest BCUT2D eigenvalue weighted by atomic mass is 32.1. The van der Waals surface area contributed by atoms with Crippen LogP contribution in [0.25, 0.3) is 10.6 Å². The zero-order valence-electron chi connectivity index (χ0n) is 16.7. The molecular formula is C20H25N5O3S. The maximum atomic E-state index is 13.1. The molecule has 0 unspecified atom stereocenters. The first-order valence-corrected chi connectivity index (χ1v) is 10.8. The molecule has 29 heavy (non-hydrogen) atoms. The molecule has 2 aromatic rings. The summed E-state index contributed by atoms with van der Waals surface area (Å²) in [5.74, 6) is -1.06. The molecule has 9 heteroatoms. The second-order valence-electron chi connectivity index (χ2n) is 7.95. The van der Waals surface area contributed by atoms with E-state index in [2.05, 4.69) is 20.1 Å². The van der Waals surface area contributed by atoms with Crippen molar-refractivity contribution in [2.45, 2.75) is 45.1 Å². The molecular weight excluding hydrogens is 390 g/mol. The third-order valence-electron chi connectivity index (χ3n) is 6.11. The first-order valence-electron chi connectivity index (χ1n) is 9.94. The van der Waals surface area contributed by atoms with Gasteiger partial charge in [-0.15, -0.1) is 10.2 Å². The maximum Gasteiger partial charge on any atom is 0.329 e. The quantitative estimate of drug-likeness (QED) is 0.819. The average molecular weight is 416 g/mol. The first-order chi connectivity index (χ1) is 13.9. The number of likely N-dealkylation sites (tertiary alicyclic amines) is 1. The molecule has 0 aromatic carbocycles. The third kappa shape index (κ3) is 3.59. The van der Waals surface area contributed by atoms with Crippen LogP contribution < -0.4 is 4.90 Å². The van der Waals surface area contributed by atoms with Crippen molar-refractivity contribution in [2.24, 2.45) is 5.92 Å². The van der Waals surface area contributed by atoms with Gasteiger partial charge in [0.25, 0.3) is 0 Å². The number of aliphatic carboxylic acids is 1. The highest BCUT2D eigenvalue weighted by molar-refractivity contribution is 7.14. The molecule has 1 amide bonds. The SMILES string of the molecule is Cc1nnc(-c2ccncc2N2CCC(C(=O)N3CCC[C@]3(C)C(=O)O)CC2)s1. The van der Waals surface area contributed by atoms with E-state index in [1.54, 1.807) is 29.4 Å². The molecule has 2 aromatic heterocycles. The molecule has 2 aliphatic heterocycles. The number of rotatable bonds is 4. The van der Waals surface area contributed by atoms with Gasteiger partial charge in [0.1, 0.15) is 15.6 Å². The number of carbonyl (C=O) groups excluding carboxylic acids is 1. The number of carboxylic acids is 1. The Morgan fingerprint density at radius 1 is 1.24 bits per heavy atom. The second-order valence-corrected chi connectivity index (χ2v) is 9.13. The number of aromatic nitrogens is 3. The summed E-state index contributed by atoms with van der Waals surface area (Å²) < 4.78 is 0. The highest BCUT2D eigenvalue weighted by Gasteiger charge is 2.47. The lowest BCUT2D eigenvalue weighted by Crippen LogP contribution is -2.53. The van der Waals surface area contributed by atoms with E-state index < -0.39 is 11.5 Å². The van der Waals surface area contributed by atoms with Crippen LogP contribution >= 0.6 is 11.3 Å². The van der Waals surface area contributed by atoms with E-state index >= 15 is 0 Å². The molecule has 4 rings (SSSR count). The first kappa shape index (κ1) is 19.8. The number of carboxylic acid groups (broad SMARTS) is 1. The van der Waals surface area contributed by atoms with Gasteiger partial charge in [0.15, 0.2) is 0 Å². The van der Waals surface area contributed by atoms with Crippen molar-refractivity contribution >= 4 is 28.9 Å². The Balaban J connectivity index is 1.47. The predicted octanol–water partition coefficient (Wildman–Crippen LogP) is 2.59. The van der Waals surface area contributed by atoms with E-state index in [0.717, 1.165) is 40.8 Å².